The van der Waals surface area contributed by atoms with Gasteiger partial charge in [-0.25, -0.2) is 9.97 Å². The van der Waals surface area contributed by atoms with Crippen molar-refractivity contribution in [2.24, 2.45) is 0 Å². The number of rotatable bonds is 10. The quantitative estimate of drug-likeness (QED) is 0.215. The van der Waals surface area contributed by atoms with Gasteiger partial charge in [0.2, 0.25) is 0 Å². The van der Waals surface area contributed by atoms with E-state index in [1.165, 1.54) is 5.56 Å². The number of imidazole rings is 1. The van der Waals surface area contributed by atoms with Crippen molar-refractivity contribution in [1.29, 1.82) is 0 Å². The highest BCUT2D eigenvalue weighted by Gasteiger charge is 2.36. The lowest BCUT2D eigenvalue weighted by Gasteiger charge is -2.35. The SMILES string of the molecule is C=CCCCc1cc(-c2nc([C@@H](C)N(CC)[S+]([O-])C(C)(C)C)ccc2OC)cn2ccnc12. The topological polar surface area (TPSA) is 65.7 Å². The van der Waals surface area contributed by atoms with Crippen LogP contribution in [0.5, 0.6) is 5.75 Å². The molecule has 1 unspecified atom stereocenters. The maximum Gasteiger partial charge on any atom is 0.145 e. The molecule has 7 heteroatoms. The molecule has 0 spiro atoms. The standard InChI is InChI=1S/C26H36N4O2S/c1-8-10-11-12-20-17-21(18-29-16-15-27-25(20)29)24-23(32-7)14-13-22(28-24)19(3)30(9-2)33(31)26(4,5)6/h8,13-19H,1,9-12H2,2-7H3/t19-,33?/m1/s1. The van der Waals surface area contributed by atoms with Crippen LogP contribution in [0, 0.1) is 0 Å². The molecule has 178 valence electrons. The van der Waals surface area contributed by atoms with E-state index in [4.69, 9.17) is 9.72 Å². The Morgan fingerprint density at radius 3 is 2.73 bits per heavy atom. The first-order valence-electron chi connectivity index (χ1n) is 11.5. The number of aryl methyl sites for hydroxylation is 1. The molecular weight excluding hydrogens is 432 g/mol. The van der Waals surface area contributed by atoms with Crippen LogP contribution in [0.3, 0.4) is 0 Å². The average molecular weight is 469 g/mol. The summed E-state index contributed by atoms with van der Waals surface area (Å²) in [5, 5.41) is 0. The monoisotopic (exact) mass is 468 g/mol. The highest BCUT2D eigenvalue weighted by atomic mass is 32.2. The lowest BCUT2D eigenvalue weighted by molar-refractivity contribution is 0.339. The summed E-state index contributed by atoms with van der Waals surface area (Å²) in [4.78, 5) is 9.57. The summed E-state index contributed by atoms with van der Waals surface area (Å²) in [6.07, 6.45) is 10.7. The number of hydrogen-bond donors (Lipinski definition) is 0. The van der Waals surface area contributed by atoms with Gasteiger partial charge in [0, 0.05) is 42.1 Å². The van der Waals surface area contributed by atoms with Gasteiger partial charge in [-0.3, -0.25) is 0 Å². The summed E-state index contributed by atoms with van der Waals surface area (Å²) in [5.41, 5.74) is 4.75. The van der Waals surface area contributed by atoms with Gasteiger partial charge >= 0.3 is 0 Å². The van der Waals surface area contributed by atoms with Crippen LogP contribution in [0.2, 0.25) is 0 Å². The van der Waals surface area contributed by atoms with Crippen LogP contribution in [-0.2, 0) is 17.8 Å². The number of methoxy groups -OCH3 is 1. The molecule has 0 aromatic carbocycles. The van der Waals surface area contributed by atoms with E-state index in [0.717, 1.165) is 41.9 Å². The second-order valence-corrected chi connectivity index (χ2v) is 11.3. The van der Waals surface area contributed by atoms with E-state index in [1.54, 1.807) is 7.11 Å². The van der Waals surface area contributed by atoms with Crippen LogP contribution < -0.4 is 4.74 Å². The number of allylic oxidation sites excluding steroid dienone is 1. The number of hydrogen-bond acceptors (Lipinski definition) is 5. The number of pyridine rings is 2. The molecule has 3 aromatic rings. The van der Waals surface area contributed by atoms with Crippen LogP contribution in [0.15, 0.2) is 49.4 Å². The normalized spacial score (nSPS) is 13.9. The van der Waals surface area contributed by atoms with Gasteiger partial charge in [-0.2, -0.15) is 0 Å². The molecule has 2 atom stereocenters. The molecule has 6 nitrogen and oxygen atoms in total. The molecule has 0 aliphatic carbocycles. The van der Waals surface area contributed by atoms with Crippen molar-refractivity contribution in [3.05, 3.63) is 60.7 Å². The van der Waals surface area contributed by atoms with Crippen LogP contribution in [0.25, 0.3) is 16.9 Å². The number of ether oxygens (including phenoxy) is 1. The molecule has 0 amide bonds. The van der Waals surface area contributed by atoms with E-state index in [9.17, 15) is 4.55 Å². The Bertz CT molecular complexity index is 1090. The molecule has 33 heavy (non-hydrogen) atoms. The zero-order valence-electron chi connectivity index (χ0n) is 20.7. The van der Waals surface area contributed by atoms with Crippen LogP contribution in [0.4, 0.5) is 0 Å². The third kappa shape index (κ3) is 5.60. The molecule has 3 aromatic heterocycles. The van der Waals surface area contributed by atoms with Gasteiger partial charge in [0.15, 0.2) is 0 Å². The van der Waals surface area contributed by atoms with Crippen molar-refractivity contribution in [1.82, 2.24) is 18.7 Å². The zero-order valence-corrected chi connectivity index (χ0v) is 21.5. The largest absolute Gasteiger partial charge is 0.597 e. The van der Waals surface area contributed by atoms with Crippen molar-refractivity contribution in [2.75, 3.05) is 13.7 Å². The van der Waals surface area contributed by atoms with Crippen molar-refractivity contribution >= 4 is 17.0 Å². The first-order chi connectivity index (χ1) is 15.7. The van der Waals surface area contributed by atoms with Gasteiger partial charge in [0.1, 0.15) is 21.8 Å². The molecule has 0 saturated heterocycles. The Balaban J connectivity index is 2.05. The van der Waals surface area contributed by atoms with Crippen molar-refractivity contribution in [2.45, 2.75) is 64.7 Å². The van der Waals surface area contributed by atoms with Crippen molar-refractivity contribution in [3.8, 4) is 17.0 Å². The smallest absolute Gasteiger partial charge is 0.145 e. The minimum atomic E-state index is -1.14. The predicted molar refractivity (Wildman–Crippen MR) is 137 cm³/mol. The van der Waals surface area contributed by atoms with Gasteiger partial charge in [-0.1, -0.05) is 6.08 Å². The summed E-state index contributed by atoms with van der Waals surface area (Å²) in [6.45, 7) is 14.6. The fourth-order valence-corrected chi connectivity index (χ4v) is 5.29. The number of nitrogens with zero attached hydrogens (tertiary/aromatic N) is 4. The van der Waals surface area contributed by atoms with Crippen LogP contribution in [-0.4, -0.2) is 41.6 Å². The maximum absolute atomic E-state index is 13.1. The number of aromatic nitrogens is 3. The lowest BCUT2D eigenvalue weighted by atomic mass is 10.0. The van der Waals surface area contributed by atoms with E-state index in [-0.39, 0.29) is 10.8 Å². The van der Waals surface area contributed by atoms with Gasteiger partial charge in [-0.15, -0.1) is 10.9 Å². The highest BCUT2D eigenvalue weighted by Crippen LogP contribution is 2.34. The first-order valence-corrected chi connectivity index (χ1v) is 12.6. The summed E-state index contributed by atoms with van der Waals surface area (Å²) in [7, 11) is 1.66. The van der Waals surface area contributed by atoms with Crippen LogP contribution >= 0.6 is 0 Å². The molecule has 3 heterocycles. The van der Waals surface area contributed by atoms with Gasteiger partial charge < -0.3 is 13.7 Å². The highest BCUT2D eigenvalue weighted by molar-refractivity contribution is 7.90. The van der Waals surface area contributed by atoms with Crippen molar-refractivity contribution in [3.63, 3.8) is 0 Å². The Labute approximate surface area is 201 Å². The number of unbranched alkanes of at least 4 members (excludes halogenated alkanes) is 1. The molecule has 0 aliphatic heterocycles. The fourth-order valence-electron chi connectivity index (χ4n) is 3.96. The maximum atomic E-state index is 13.1. The van der Waals surface area contributed by atoms with Crippen LogP contribution in [0.1, 0.15) is 64.8 Å². The molecule has 0 N–H and O–H groups in total. The lowest BCUT2D eigenvalue weighted by Crippen LogP contribution is -2.44. The molecular formula is C26H36N4O2S. The zero-order chi connectivity index (χ0) is 24.2. The van der Waals surface area contributed by atoms with E-state index < -0.39 is 11.4 Å². The van der Waals surface area contributed by atoms with E-state index in [2.05, 4.69) is 24.6 Å². The van der Waals surface area contributed by atoms with Crippen molar-refractivity contribution < 1.29 is 9.29 Å². The average Bonchev–Trinajstić information content (AvgIpc) is 3.27. The van der Waals surface area contributed by atoms with E-state index in [1.807, 2.05) is 73.2 Å². The van der Waals surface area contributed by atoms with Gasteiger partial charge in [0.05, 0.1) is 18.8 Å². The summed E-state index contributed by atoms with van der Waals surface area (Å²) < 4.78 is 22.5. The molecule has 0 saturated carbocycles. The second kappa shape index (κ2) is 10.7. The number of fused-ring (bicyclic) bond motifs is 1. The molecule has 3 rings (SSSR count). The summed E-state index contributed by atoms with van der Waals surface area (Å²) in [5.74, 6) is 0.711. The minimum Gasteiger partial charge on any atom is -0.597 e. The van der Waals surface area contributed by atoms with Gasteiger partial charge in [0.25, 0.3) is 0 Å². The predicted octanol–water partition coefficient (Wildman–Crippen LogP) is 5.76. The van der Waals surface area contributed by atoms with E-state index >= 15 is 0 Å². The summed E-state index contributed by atoms with van der Waals surface area (Å²) in [6, 6.07) is 5.98. The second-order valence-electron chi connectivity index (χ2n) is 9.15. The first kappa shape index (κ1) is 25.3. The Kier molecular flexibility index (Phi) is 8.21. The third-order valence-corrected chi connectivity index (χ3v) is 7.75. The Morgan fingerprint density at radius 1 is 1.33 bits per heavy atom. The molecule has 0 radical (unpaired) electrons. The third-order valence-electron chi connectivity index (χ3n) is 5.70. The molecule has 0 bridgehead atoms. The summed E-state index contributed by atoms with van der Waals surface area (Å²) >= 11 is -1.14. The Hall–Kier alpha value is -2.35. The Morgan fingerprint density at radius 2 is 2.09 bits per heavy atom. The minimum absolute atomic E-state index is 0.108. The fraction of sp³-hybridized carbons (Fsp3) is 0.462. The van der Waals surface area contributed by atoms with E-state index in [0.29, 0.717) is 12.3 Å². The van der Waals surface area contributed by atoms with Gasteiger partial charge in [-0.05, 0) is 77.6 Å². The molecule has 0 aliphatic rings. The molecule has 0 fully saturated rings.